The second kappa shape index (κ2) is 5.83. The molecule has 4 fully saturated rings. The molecule has 6 nitrogen and oxygen atoms in total. The molecular weight excluding hydrogens is 306 g/mol. The molecule has 0 aliphatic heterocycles. The average molecular weight is 329 g/mol. The summed E-state index contributed by atoms with van der Waals surface area (Å²) in [6.07, 6.45) is 8.89. The monoisotopic (exact) mass is 329 g/mol. The van der Waals surface area contributed by atoms with Crippen LogP contribution in [0.3, 0.4) is 0 Å². The summed E-state index contributed by atoms with van der Waals surface area (Å²) < 4.78 is 5.56. The van der Waals surface area contributed by atoms with Crippen LogP contribution < -0.4 is 5.32 Å². The third-order valence-electron chi connectivity index (χ3n) is 5.93. The van der Waals surface area contributed by atoms with Gasteiger partial charge in [0.1, 0.15) is 0 Å². The van der Waals surface area contributed by atoms with E-state index >= 15 is 0 Å². The number of hydrogen-bond acceptors (Lipinski definition) is 5. The van der Waals surface area contributed by atoms with Gasteiger partial charge in [-0.1, -0.05) is 0 Å². The van der Waals surface area contributed by atoms with Gasteiger partial charge in [-0.15, -0.1) is 0 Å². The van der Waals surface area contributed by atoms with Gasteiger partial charge in [0.15, 0.2) is 6.10 Å². The molecule has 1 aromatic rings. The van der Waals surface area contributed by atoms with Crippen LogP contribution in [-0.4, -0.2) is 27.9 Å². The van der Waals surface area contributed by atoms with E-state index in [1.807, 2.05) is 0 Å². The van der Waals surface area contributed by atoms with E-state index in [-0.39, 0.29) is 23.2 Å². The Bertz CT molecular complexity index is 611. The smallest absolute Gasteiger partial charge is 0.312 e. The fraction of sp³-hybridized carbons (Fsp3) is 0.667. The van der Waals surface area contributed by atoms with Crippen LogP contribution in [0.15, 0.2) is 18.5 Å². The number of amides is 1. The van der Waals surface area contributed by atoms with E-state index in [9.17, 15) is 9.59 Å². The molecule has 24 heavy (non-hydrogen) atoms. The Morgan fingerprint density at radius 3 is 2.21 bits per heavy atom. The molecule has 0 unspecified atom stereocenters. The summed E-state index contributed by atoms with van der Waals surface area (Å²) >= 11 is 0. The lowest BCUT2D eigenvalue weighted by Crippen LogP contribution is -2.51. The number of carbonyl (C=O) groups is 2. The van der Waals surface area contributed by atoms with E-state index in [1.165, 1.54) is 19.3 Å². The van der Waals surface area contributed by atoms with E-state index in [0.717, 1.165) is 19.3 Å². The van der Waals surface area contributed by atoms with Crippen LogP contribution in [0, 0.1) is 23.2 Å². The number of anilines is 1. The van der Waals surface area contributed by atoms with Gasteiger partial charge < -0.3 is 4.74 Å². The van der Waals surface area contributed by atoms with Crippen LogP contribution in [-0.2, 0) is 14.3 Å². The minimum atomic E-state index is -0.839. The van der Waals surface area contributed by atoms with Crippen LogP contribution in [0.25, 0.3) is 0 Å². The molecular formula is C18H23N3O3. The number of esters is 1. The Kier molecular flexibility index (Phi) is 3.77. The van der Waals surface area contributed by atoms with Crippen molar-refractivity contribution in [2.75, 3.05) is 5.32 Å². The Morgan fingerprint density at radius 2 is 1.67 bits per heavy atom. The average Bonchev–Trinajstić information content (AvgIpc) is 2.54. The Morgan fingerprint density at radius 1 is 1.12 bits per heavy atom. The summed E-state index contributed by atoms with van der Waals surface area (Å²) in [4.78, 5) is 32.9. The van der Waals surface area contributed by atoms with Gasteiger partial charge in [-0.2, -0.15) is 0 Å². The molecule has 1 atom stereocenters. The molecule has 1 N–H and O–H groups in total. The first-order valence-corrected chi connectivity index (χ1v) is 8.83. The van der Waals surface area contributed by atoms with Gasteiger partial charge in [-0.3, -0.25) is 14.9 Å². The van der Waals surface area contributed by atoms with E-state index < -0.39 is 6.10 Å². The quantitative estimate of drug-likeness (QED) is 0.859. The number of aromatic nitrogens is 2. The Labute approximate surface area is 141 Å². The van der Waals surface area contributed by atoms with Gasteiger partial charge in [0.05, 0.1) is 5.41 Å². The molecule has 4 bridgehead atoms. The maximum atomic E-state index is 12.8. The van der Waals surface area contributed by atoms with Crippen molar-refractivity contribution >= 4 is 17.8 Å². The molecule has 0 spiro atoms. The highest BCUT2D eigenvalue weighted by molar-refractivity contribution is 5.94. The van der Waals surface area contributed by atoms with Crippen LogP contribution in [0.4, 0.5) is 5.95 Å². The van der Waals surface area contributed by atoms with Crippen LogP contribution in [0.1, 0.15) is 45.4 Å². The number of rotatable bonds is 4. The van der Waals surface area contributed by atoms with Crippen molar-refractivity contribution in [2.24, 2.45) is 23.2 Å². The zero-order valence-corrected chi connectivity index (χ0v) is 13.9. The van der Waals surface area contributed by atoms with Crippen LogP contribution >= 0.6 is 0 Å². The van der Waals surface area contributed by atoms with Crippen molar-refractivity contribution in [1.82, 2.24) is 9.97 Å². The van der Waals surface area contributed by atoms with Gasteiger partial charge in [-0.25, -0.2) is 9.97 Å². The number of hydrogen-bond donors (Lipinski definition) is 1. The highest BCUT2D eigenvalue weighted by atomic mass is 16.5. The minimum absolute atomic E-state index is 0.182. The Hall–Kier alpha value is -1.98. The van der Waals surface area contributed by atoms with Crippen molar-refractivity contribution in [3.05, 3.63) is 18.5 Å². The number of nitrogens with one attached hydrogen (secondary N) is 1. The second-order valence-electron chi connectivity index (χ2n) is 7.81. The molecule has 1 amide bonds. The second-order valence-corrected chi connectivity index (χ2v) is 7.81. The summed E-state index contributed by atoms with van der Waals surface area (Å²) in [6, 6.07) is 1.67. The zero-order valence-electron chi connectivity index (χ0n) is 13.9. The van der Waals surface area contributed by atoms with Crippen molar-refractivity contribution in [1.29, 1.82) is 0 Å². The summed E-state index contributed by atoms with van der Waals surface area (Å²) in [5, 5.41) is 2.58. The van der Waals surface area contributed by atoms with Crippen molar-refractivity contribution in [2.45, 2.75) is 51.6 Å². The van der Waals surface area contributed by atoms with E-state index in [1.54, 1.807) is 25.4 Å². The first kappa shape index (κ1) is 15.5. The molecule has 4 aliphatic carbocycles. The molecule has 0 radical (unpaired) electrons. The third kappa shape index (κ3) is 2.78. The summed E-state index contributed by atoms with van der Waals surface area (Å²) in [7, 11) is 0. The van der Waals surface area contributed by atoms with Crippen LogP contribution in [0.5, 0.6) is 0 Å². The van der Waals surface area contributed by atoms with Gasteiger partial charge in [0.2, 0.25) is 5.95 Å². The SMILES string of the molecule is C[C@H](OC(=O)C12CC3CC(CC(C3)C1)C2)C(=O)Nc1ncccn1. The normalized spacial score (nSPS) is 34.6. The molecule has 5 rings (SSSR count). The Balaban J connectivity index is 1.39. The van der Waals surface area contributed by atoms with Gasteiger partial charge >= 0.3 is 5.97 Å². The van der Waals surface area contributed by atoms with E-state index in [2.05, 4.69) is 15.3 Å². The topological polar surface area (TPSA) is 81.2 Å². The summed E-state index contributed by atoms with van der Waals surface area (Å²) in [5.74, 6) is 1.67. The molecule has 0 saturated heterocycles. The lowest BCUT2D eigenvalue weighted by Gasteiger charge is -2.55. The number of carbonyl (C=O) groups excluding carboxylic acids is 2. The molecule has 4 saturated carbocycles. The highest BCUT2D eigenvalue weighted by Crippen LogP contribution is 2.60. The third-order valence-corrected chi connectivity index (χ3v) is 5.93. The molecule has 128 valence electrons. The molecule has 0 aromatic carbocycles. The first-order valence-electron chi connectivity index (χ1n) is 8.83. The van der Waals surface area contributed by atoms with E-state index in [0.29, 0.717) is 17.8 Å². The van der Waals surface area contributed by atoms with Gasteiger partial charge in [-0.05, 0) is 69.3 Å². The lowest BCUT2D eigenvalue weighted by atomic mass is 9.49. The summed E-state index contributed by atoms with van der Waals surface area (Å²) in [6.45, 7) is 1.61. The highest BCUT2D eigenvalue weighted by Gasteiger charge is 2.55. The van der Waals surface area contributed by atoms with Crippen molar-refractivity contribution in [3.63, 3.8) is 0 Å². The molecule has 1 heterocycles. The largest absolute Gasteiger partial charge is 0.452 e. The molecule has 4 aliphatic rings. The number of nitrogens with zero attached hydrogens (tertiary/aromatic N) is 2. The fourth-order valence-corrected chi connectivity index (χ4v) is 5.28. The zero-order chi connectivity index (χ0) is 16.7. The standard InChI is InChI=1S/C18H23N3O3/c1-11(15(22)21-17-19-3-2-4-20-17)24-16(23)18-8-12-5-13(9-18)7-14(6-12)10-18/h2-4,11-14H,5-10H2,1H3,(H,19,20,21,22)/t11-,12?,13?,14?,18?/m0/s1. The first-order chi connectivity index (χ1) is 11.5. The van der Waals surface area contributed by atoms with Gasteiger partial charge in [0, 0.05) is 12.4 Å². The van der Waals surface area contributed by atoms with Crippen molar-refractivity contribution in [3.8, 4) is 0 Å². The van der Waals surface area contributed by atoms with Gasteiger partial charge in [0.25, 0.3) is 5.91 Å². The predicted molar refractivity (Wildman–Crippen MR) is 86.8 cm³/mol. The molecule has 6 heteroatoms. The van der Waals surface area contributed by atoms with Crippen LogP contribution in [0.2, 0.25) is 0 Å². The van der Waals surface area contributed by atoms with Crippen molar-refractivity contribution < 1.29 is 14.3 Å². The van der Waals surface area contributed by atoms with E-state index in [4.69, 9.17) is 4.74 Å². The summed E-state index contributed by atoms with van der Waals surface area (Å²) in [5.41, 5.74) is -0.341. The fourth-order valence-electron chi connectivity index (χ4n) is 5.28. The minimum Gasteiger partial charge on any atom is -0.452 e. The molecule has 1 aromatic heterocycles. The predicted octanol–water partition coefficient (Wildman–Crippen LogP) is 2.56. The number of ether oxygens (including phenoxy) is 1. The lowest BCUT2D eigenvalue weighted by molar-refractivity contribution is -0.177. The maximum Gasteiger partial charge on any atom is 0.312 e. The maximum absolute atomic E-state index is 12.8.